The molecular formula is C29H28O2. The highest BCUT2D eigenvalue weighted by molar-refractivity contribution is 5.74. The molecule has 0 spiro atoms. The monoisotopic (exact) mass is 408 g/mol. The van der Waals surface area contributed by atoms with E-state index in [9.17, 15) is 10.2 Å². The summed E-state index contributed by atoms with van der Waals surface area (Å²) < 4.78 is 0. The van der Waals surface area contributed by atoms with Crippen LogP contribution in [0.1, 0.15) is 33.4 Å². The Balaban J connectivity index is 1.84. The molecule has 0 aliphatic heterocycles. The molecule has 156 valence electrons. The Kier molecular flexibility index (Phi) is 5.56. The van der Waals surface area contributed by atoms with Crippen LogP contribution in [0.15, 0.2) is 72.8 Å². The van der Waals surface area contributed by atoms with Gasteiger partial charge in [-0.25, -0.2) is 0 Å². The molecule has 2 N–H and O–H groups in total. The number of hydrogen-bond acceptors (Lipinski definition) is 2. The van der Waals surface area contributed by atoms with E-state index in [4.69, 9.17) is 0 Å². The van der Waals surface area contributed by atoms with Crippen LogP contribution in [0.3, 0.4) is 0 Å². The van der Waals surface area contributed by atoms with Crippen LogP contribution in [0.2, 0.25) is 0 Å². The second kappa shape index (κ2) is 8.31. The Morgan fingerprint density at radius 1 is 0.484 bits per heavy atom. The summed E-state index contributed by atoms with van der Waals surface area (Å²) in [6.45, 7) is 8.38. The minimum absolute atomic E-state index is 0.262. The number of aryl methyl sites for hydroxylation is 4. The van der Waals surface area contributed by atoms with Crippen LogP contribution in [-0.2, 0) is 6.42 Å². The third-order valence-electron chi connectivity index (χ3n) is 5.63. The van der Waals surface area contributed by atoms with Gasteiger partial charge in [-0.1, -0.05) is 70.8 Å². The van der Waals surface area contributed by atoms with Crippen LogP contribution in [0, 0.1) is 27.7 Å². The first-order valence-electron chi connectivity index (χ1n) is 10.6. The summed E-state index contributed by atoms with van der Waals surface area (Å²) in [5.74, 6) is 0.524. The highest BCUT2D eigenvalue weighted by atomic mass is 16.3. The number of rotatable bonds is 4. The van der Waals surface area contributed by atoms with E-state index < -0.39 is 0 Å². The lowest BCUT2D eigenvalue weighted by atomic mass is 9.89. The van der Waals surface area contributed by atoms with Crippen molar-refractivity contribution in [3.63, 3.8) is 0 Å². The zero-order valence-corrected chi connectivity index (χ0v) is 18.5. The topological polar surface area (TPSA) is 40.5 Å². The molecule has 4 aromatic rings. The van der Waals surface area contributed by atoms with E-state index in [1.807, 2.05) is 24.3 Å². The van der Waals surface area contributed by atoms with Gasteiger partial charge in [-0.15, -0.1) is 0 Å². The van der Waals surface area contributed by atoms with E-state index >= 15 is 0 Å². The van der Waals surface area contributed by atoms with Crippen molar-refractivity contribution in [1.29, 1.82) is 0 Å². The van der Waals surface area contributed by atoms with Crippen molar-refractivity contribution < 1.29 is 10.2 Å². The van der Waals surface area contributed by atoms with Crippen molar-refractivity contribution in [2.24, 2.45) is 0 Å². The minimum atomic E-state index is 0.262. The molecule has 0 unspecified atom stereocenters. The van der Waals surface area contributed by atoms with Crippen LogP contribution in [0.5, 0.6) is 11.5 Å². The summed E-state index contributed by atoms with van der Waals surface area (Å²) in [7, 11) is 0. The molecule has 0 atom stereocenters. The lowest BCUT2D eigenvalue weighted by Gasteiger charge is -2.16. The largest absolute Gasteiger partial charge is 0.508 e. The van der Waals surface area contributed by atoms with Crippen LogP contribution < -0.4 is 0 Å². The van der Waals surface area contributed by atoms with Crippen molar-refractivity contribution in [2.45, 2.75) is 34.1 Å². The summed E-state index contributed by atoms with van der Waals surface area (Å²) in [4.78, 5) is 0. The SMILES string of the molecule is Cc1cc(C)cc(-c2cc(O)ccc2Cc2ccc(O)cc2-c2cc(C)cc(C)c2)c1. The number of phenols is 2. The average molecular weight is 409 g/mol. The highest BCUT2D eigenvalue weighted by Crippen LogP contribution is 2.35. The Bertz CT molecular complexity index is 1130. The maximum absolute atomic E-state index is 10.2. The molecule has 0 radical (unpaired) electrons. The molecule has 0 aromatic heterocycles. The zero-order valence-electron chi connectivity index (χ0n) is 18.5. The first-order valence-corrected chi connectivity index (χ1v) is 10.6. The maximum Gasteiger partial charge on any atom is 0.116 e. The van der Waals surface area contributed by atoms with E-state index in [1.54, 1.807) is 12.1 Å². The molecule has 4 rings (SSSR count). The normalized spacial score (nSPS) is 11.0. The van der Waals surface area contributed by atoms with Gasteiger partial charge < -0.3 is 10.2 Å². The predicted molar refractivity (Wildman–Crippen MR) is 129 cm³/mol. The van der Waals surface area contributed by atoms with Crippen LogP contribution in [0.25, 0.3) is 22.3 Å². The van der Waals surface area contributed by atoms with Gasteiger partial charge in [0.1, 0.15) is 11.5 Å². The summed E-state index contributed by atoms with van der Waals surface area (Å²) in [5.41, 5.74) is 11.4. The Morgan fingerprint density at radius 2 is 0.839 bits per heavy atom. The van der Waals surface area contributed by atoms with Crippen molar-refractivity contribution in [2.75, 3.05) is 0 Å². The third-order valence-corrected chi connectivity index (χ3v) is 5.63. The Labute approximate surface area is 184 Å². The maximum atomic E-state index is 10.2. The molecule has 0 heterocycles. The van der Waals surface area contributed by atoms with Gasteiger partial charge in [-0.05, 0) is 91.8 Å². The summed E-state index contributed by atoms with van der Waals surface area (Å²) in [5, 5.41) is 20.4. The van der Waals surface area contributed by atoms with E-state index in [2.05, 4.69) is 64.1 Å². The molecule has 0 saturated carbocycles. The Hall–Kier alpha value is -3.52. The van der Waals surface area contributed by atoms with Crippen molar-refractivity contribution in [1.82, 2.24) is 0 Å². The second-order valence-electron chi connectivity index (χ2n) is 8.61. The molecule has 2 heteroatoms. The number of hydrogen-bond donors (Lipinski definition) is 2. The van der Waals surface area contributed by atoms with E-state index in [1.165, 1.54) is 22.3 Å². The van der Waals surface area contributed by atoms with E-state index in [0.717, 1.165) is 33.4 Å². The standard InChI is InChI=1S/C29H28O2/c1-18-9-19(2)12-24(11-18)28-16-26(30)7-5-22(28)15-23-6-8-27(31)17-29(23)25-13-20(3)10-21(4)14-25/h5-14,16-17,30-31H,15H2,1-4H3. The minimum Gasteiger partial charge on any atom is -0.508 e. The van der Waals surface area contributed by atoms with Crippen molar-refractivity contribution >= 4 is 0 Å². The lowest BCUT2D eigenvalue weighted by Crippen LogP contribution is -1.96. The van der Waals surface area contributed by atoms with Gasteiger partial charge in [0.2, 0.25) is 0 Å². The van der Waals surface area contributed by atoms with Gasteiger partial charge in [0.25, 0.3) is 0 Å². The molecular weight excluding hydrogens is 380 g/mol. The number of phenolic OH excluding ortho intramolecular Hbond substituents is 2. The van der Waals surface area contributed by atoms with E-state index in [-0.39, 0.29) is 11.5 Å². The van der Waals surface area contributed by atoms with Crippen molar-refractivity contribution in [3.8, 4) is 33.8 Å². The molecule has 4 aromatic carbocycles. The fraction of sp³-hybridized carbons (Fsp3) is 0.172. The van der Waals surface area contributed by atoms with Gasteiger partial charge in [-0.3, -0.25) is 0 Å². The van der Waals surface area contributed by atoms with Crippen LogP contribution >= 0.6 is 0 Å². The van der Waals surface area contributed by atoms with Crippen molar-refractivity contribution in [3.05, 3.63) is 106 Å². The van der Waals surface area contributed by atoms with Crippen LogP contribution in [-0.4, -0.2) is 10.2 Å². The third kappa shape index (κ3) is 4.64. The first-order chi connectivity index (χ1) is 14.8. The Morgan fingerprint density at radius 3 is 1.19 bits per heavy atom. The smallest absolute Gasteiger partial charge is 0.116 e. The van der Waals surface area contributed by atoms with Gasteiger partial charge in [-0.2, -0.15) is 0 Å². The zero-order chi connectivity index (χ0) is 22.1. The van der Waals surface area contributed by atoms with Gasteiger partial charge >= 0.3 is 0 Å². The molecule has 2 nitrogen and oxygen atoms in total. The van der Waals surface area contributed by atoms with E-state index in [0.29, 0.717) is 6.42 Å². The molecule has 0 bridgehead atoms. The van der Waals surface area contributed by atoms with Gasteiger partial charge in [0, 0.05) is 0 Å². The van der Waals surface area contributed by atoms with Gasteiger partial charge in [0.05, 0.1) is 0 Å². The van der Waals surface area contributed by atoms with Crippen LogP contribution in [0.4, 0.5) is 0 Å². The molecule has 0 fully saturated rings. The summed E-state index contributed by atoms with van der Waals surface area (Å²) in [6.07, 6.45) is 0.700. The predicted octanol–water partition coefficient (Wildman–Crippen LogP) is 7.26. The number of aromatic hydroxyl groups is 2. The molecule has 0 amide bonds. The molecule has 0 saturated heterocycles. The summed E-state index contributed by atoms with van der Waals surface area (Å²) in [6, 6.07) is 24.1. The molecule has 31 heavy (non-hydrogen) atoms. The average Bonchev–Trinajstić information content (AvgIpc) is 2.69. The fourth-order valence-electron chi connectivity index (χ4n) is 4.44. The first kappa shape index (κ1) is 20.7. The summed E-state index contributed by atoms with van der Waals surface area (Å²) >= 11 is 0. The second-order valence-corrected chi connectivity index (χ2v) is 8.61. The quantitative estimate of drug-likeness (QED) is 0.373. The molecule has 0 aliphatic rings. The lowest BCUT2D eigenvalue weighted by molar-refractivity contribution is 0.475. The highest BCUT2D eigenvalue weighted by Gasteiger charge is 2.13. The fourth-order valence-corrected chi connectivity index (χ4v) is 4.44. The molecule has 0 aliphatic carbocycles. The van der Waals surface area contributed by atoms with Gasteiger partial charge in [0.15, 0.2) is 0 Å². The number of benzene rings is 4.